The maximum Gasteiger partial charge on any atom is 0.339 e. The van der Waals surface area contributed by atoms with Crippen LogP contribution in [0.1, 0.15) is 20.7 Å². The molecule has 158 valence electrons. The van der Waals surface area contributed by atoms with Gasteiger partial charge in [-0.05, 0) is 30.3 Å². The molecular formula is C22H26N3O5+. The van der Waals surface area contributed by atoms with E-state index in [4.69, 9.17) is 9.47 Å². The van der Waals surface area contributed by atoms with Gasteiger partial charge in [0.15, 0.2) is 6.54 Å². The average Bonchev–Trinajstić information content (AvgIpc) is 2.79. The number of nitrogens with one attached hydrogen (secondary N) is 2. The van der Waals surface area contributed by atoms with Gasteiger partial charge in [0.25, 0.3) is 5.91 Å². The van der Waals surface area contributed by atoms with Crippen LogP contribution in [0.25, 0.3) is 0 Å². The second-order valence-electron chi connectivity index (χ2n) is 7.04. The predicted molar refractivity (Wildman–Crippen MR) is 112 cm³/mol. The third kappa shape index (κ3) is 5.15. The van der Waals surface area contributed by atoms with Crippen molar-refractivity contribution in [2.24, 2.45) is 0 Å². The van der Waals surface area contributed by atoms with Gasteiger partial charge >= 0.3 is 11.9 Å². The van der Waals surface area contributed by atoms with Gasteiger partial charge in [0.2, 0.25) is 0 Å². The third-order valence-corrected chi connectivity index (χ3v) is 5.12. The number of nitrogens with zero attached hydrogens (tertiary/aromatic N) is 1. The summed E-state index contributed by atoms with van der Waals surface area (Å²) in [4.78, 5) is 39.9. The number of anilines is 2. The maximum absolute atomic E-state index is 12.6. The summed E-state index contributed by atoms with van der Waals surface area (Å²) in [6.45, 7) is 3.64. The molecule has 1 aliphatic rings. The van der Waals surface area contributed by atoms with Crippen molar-refractivity contribution in [2.45, 2.75) is 0 Å². The van der Waals surface area contributed by atoms with Crippen LogP contribution in [-0.2, 0) is 14.3 Å². The highest BCUT2D eigenvalue weighted by Crippen LogP contribution is 2.19. The summed E-state index contributed by atoms with van der Waals surface area (Å²) in [5, 5.41) is 2.75. The number of para-hydroxylation sites is 1. The largest absolute Gasteiger partial charge is 0.465 e. The van der Waals surface area contributed by atoms with Crippen molar-refractivity contribution in [3.8, 4) is 0 Å². The number of ether oxygens (including phenoxy) is 2. The first kappa shape index (κ1) is 21.3. The van der Waals surface area contributed by atoms with E-state index in [1.807, 2.05) is 18.2 Å². The highest BCUT2D eigenvalue weighted by Gasteiger charge is 2.24. The van der Waals surface area contributed by atoms with Crippen LogP contribution >= 0.6 is 0 Å². The molecule has 0 bridgehead atoms. The Morgan fingerprint density at radius 3 is 2.27 bits per heavy atom. The standard InChI is InChI=1S/C22H25N3O5/c1-29-21(27)16-8-9-18(22(28)30-2)19(14-16)23-20(26)15-24-10-12-25(13-11-24)17-6-4-3-5-7-17/h3-9,14H,10-13,15H2,1-2H3,(H,23,26)/p+1. The van der Waals surface area contributed by atoms with Crippen molar-refractivity contribution < 1.29 is 28.8 Å². The molecule has 1 aliphatic heterocycles. The lowest BCUT2D eigenvalue weighted by molar-refractivity contribution is -0.892. The Morgan fingerprint density at radius 2 is 1.63 bits per heavy atom. The van der Waals surface area contributed by atoms with Gasteiger partial charge in [-0.15, -0.1) is 0 Å². The van der Waals surface area contributed by atoms with Gasteiger partial charge in [0, 0.05) is 5.69 Å². The Labute approximate surface area is 175 Å². The molecule has 1 heterocycles. The van der Waals surface area contributed by atoms with Crippen LogP contribution in [0.4, 0.5) is 11.4 Å². The van der Waals surface area contributed by atoms with E-state index in [-0.39, 0.29) is 29.3 Å². The zero-order valence-electron chi connectivity index (χ0n) is 17.1. The van der Waals surface area contributed by atoms with Crippen LogP contribution in [0.2, 0.25) is 0 Å². The van der Waals surface area contributed by atoms with Gasteiger partial charge < -0.3 is 24.6 Å². The fourth-order valence-corrected chi connectivity index (χ4v) is 3.50. The van der Waals surface area contributed by atoms with E-state index < -0.39 is 11.9 Å². The number of hydrogen-bond donors (Lipinski definition) is 2. The molecule has 0 radical (unpaired) electrons. The molecule has 0 saturated carbocycles. The Balaban J connectivity index is 1.63. The van der Waals surface area contributed by atoms with Gasteiger partial charge in [-0.1, -0.05) is 18.2 Å². The predicted octanol–water partition coefficient (Wildman–Crippen LogP) is 0.603. The lowest BCUT2D eigenvalue weighted by Crippen LogP contribution is -3.15. The number of carbonyl (C=O) groups is 3. The molecule has 8 heteroatoms. The van der Waals surface area contributed by atoms with Crippen molar-refractivity contribution in [3.63, 3.8) is 0 Å². The number of benzene rings is 2. The lowest BCUT2D eigenvalue weighted by Gasteiger charge is -2.33. The van der Waals surface area contributed by atoms with Gasteiger partial charge in [-0.25, -0.2) is 9.59 Å². The number of hydrogen-bond acceptors (Lipinski definition) is 6. The Morgan fingerprint density at radius 1 is 0.967 bits per heavy atom. The zero-order valence-corrected chi connectivity index (χ0v) is 17.1. The molecule has 0 aromatic heterocycles. The van der Waals surface area contributed by atoms with Crippen molar-refractivity contribution in [1.82, 2.24) is 0 Å². The van der Waals surface area contributed by atoms with Gasteiger partial charge in [0.1, 0.15) is 0 Å². The number of amides is 1. The number of piperazine rings is 1. The molecule has 30 heavy (non-hydrogen) atoms. The Hall–Kier alpha value is -3.39. The quantitative estimate of drug-likeness (QED) is 0.676. The summed E-state index contributed by atoms with van der Waals surface area (Å²) in [5.41, 5.74) is 1.84. The summed E-state index contributed by atoms with van der Waals surface area (Å²) in [5.74, 6) is -1.37. The van der Waals surface area contributed by atoms with Crippen LogP contribution in [0.5, 0.6) is 0 Å². The van der Waals surface area contributed by atoms with E-state index >= 15 is 0 Å². The maximum atomic E-state index is 12.6. The normalized spacial score (nSPS) is 14.1. The monoisotopic (exact) mass is 412 g/mol. The first-order valence-electron chi connectivity index (χ1n) is 9.76. The highest BCUT2D eigenvalue weighted by atomic mass is 16.5. The lowest BCUT2D eigenvalue weighted by atomic mass is 10.1. The molecule has 0 aliphatic carbocycles. The van der Waals surface area contributed by atoms with Crippen molar-refractivity contribution in [1.29, 1.82) is 0 Å². The molecule has 2 aromatic rings. The minimum atomic E-state index is -0.592. The molecule has 1 fully saturated rings. The summed E-state index contributed by atoms with van der Waals surface area (Å²) < 4.78 is 9.49. The fourth-order valence-electron chi connectivity index (χ4n) is 3.50. The molecule has 0 atom stereocenters. The molecule has 8 nitrogen and oxygen atoms in total. The van der Waals surface area contributed by atoms with E-state index in [2.05, 4.69) is 22.3 Å². The van der Waals surface area contributed by atoms with Crippen LogP contribution in [0.3, 0.4) is 0 Å². The van der Waals surface area contributed by atoms with Crippen molar-refractivity contribution >= 4 is 29.2 Å². The minimum Gasteiger partial charge on any atom is -0.465 e. The number of methoxy groups -OCH3 is 2. The summed E-state index contributed by atoms with van der Waals surface area (Å²) >= 11 is 0. The smallest absolute Gasteiger partial charge is 0.339 e. The molecular weight excluding hydrogens is 386 g/mol. The molecule has 0 unspecified atom stereocenters. The third-order valence-electron chi connectivity index (χ3n) is 5.12. The minimum absolute atomic E-state index is 0.183. The second-order valence-corrected chi connectivity index (χ2v) is 7.04. The van der Waals surface area contributed by atoms with Crippen LogP contribution in [0, 0.1) is 0 Å². The SMILES string of the molecule is COC(=O)c1ccc(C(=O)OC)c(NC(=O)C[NH+]2CCN(c3ccccc3)CC2)c1. The number of carbonyl (C=O) groups excluding carboxylic acids is 3. The topological polar surface area (TPSA) is 89.4 Å². The van der Waals surface area contributed by atoms with E-state index in [0.29, 0.717) is 0 Å². The van der Waals surface area contributed by atoms with E-state index in [9.17, 15) is 14.4 Å². The first-order chi connectivity index (χ1) is 14.5. The van der Waals surface area contributed by atoms with Crippen LogP contribution in [0.15, 0.2) is 48.5 Å². The average molecular weight is 412 g/mol. The molecule has 0 spiro atoms. The molecule has 3 rings (SSSR count). The summed E-state index contributed by atoms with van der Waals surface area (Å²) in [6, 6.07) is 14.5. The number of rotatable bonds is 6. The molecule has 1 amide bonds. The molecule has 1 saturated heterocycles. The molecule has 2 aromatic carbocycles. The van der Waals surface area contributed by atoms with Gasteiger partial charge in [-0.3, -0.25) is 4.79 Å². The highest BCUT2D eigenvalue weighted by molar-refractivity contribution is 6.03. The van der Waals surface area contributed by atoms with Crippen LogP contribution in [-0.4, -0.2) is 64.8 Å². The zero-order chi connectivity index (χ0) is 21.5. The van der Waals surface area contributed by atoms with E-state index in [1.165, 1.54) is 38.1 Å². The van der Waals surface area contributed by atoms with Crippen molar-refractivity contribution in [3.05, 3.63) is 59.7 Å². The van der Waals surface area contributed by atoms with Gasteiger partial charge in [0.05, 0.1) is 57.2 Å². The molecule has 2 N–H and O–H groups in total. The van der Waals surface area contributed by atoms with E-state index in [1.54, 1.807) is 0 Å². The Bertz CT molecular complexity index is 908. The van der Waals surface area contributed by atoms with Crippen LogP contribution < -0.4 is 15.1 Å². The van der Waals surface area contributed by atoms with Crippen molar-refractivity contribution in [2.75, 3.05) is 57.2 Å². The summed E-state index contributed by atoms with van der Waals surface area (Å²) in [7, 11) is 2.53. The summed E-state index contributed by atoms with van der Waals surface area (Å²) in [6.07, 6.45) is 0. The fraction of sp³-hybridized carbons (Fsp3) is 0.318. The number of esters is 2. The van der Waals surface area contributed by atoms with Gasteiger partial charge in [-0.2, -0.15) is 0 Å². The van der Waals surface area contributed by atoms with E-state index in [0.717, 1.165) is 31.1 Å². The Kier molecular flexibility index (Phi) is 7.03. The second kappa shape index (κ2) is 9.89. The first-order valence-corrected chi connectivity index (χ1v) is 9.76. The number of quaternary nitrogens is 1.